The number of unbranched alkanes of at least 4 members (excludes halogenated alkanes) is 1. The quantitative estimate of drug-likeness (QED) is 0.507. The Morgan fingerprint density at radius 2 is 1.82 bits per heavy atom. The summed E-state index contributed by atoms with van der Waals surface area (Å²) < 4.78 is 16.0. The smallest absolute Gasteiger partial charge is 0.408 e. The van der Waals surface area contributed by atoms with Gasteiger partial charge in [-0.1, -0.05) is 38.3 Å². The summed E-state index contributed by atoms with van der Waals surface area (Å²) in [5.41, 5.74) is 0.212. The van der Waals surface area contributed by atoms with E-state index in [9.17, 15) is 14.4 Å². The molecule has 0 saturated heterocycles. The molecule has 0 unspecified atom stereocenters. The van der Waals surface area contributed by atoms with Crippen LogP contribution in [0.25, 0.3) is 0 Å². The fourth-order valence-electron chi connectivity index (χ4n) is 3.81. The molecule has 1 aromatic carbocycles. The van der Waals surface area contributed by atoms with Crippen LogP contribution in [-0.2, 0) is 25.7 Å². The van der Waals surface area contributed by atoms with E-state index in [1.54, 1.807) is 27.9 Å². The Bertz CT molecular complexity index is 787. The second kappa shape index (κ2) is 12.5. The molecule has 0 bridgehead atoms. The molecule has 8 nitrogen and oxygen atoms in total. The molecule has 1 fully saturated rings. The van der Waals surface area contributed by atoms with Gasteiger partial charge in [-0.3, -0.25) is 9.59 Å². The first-order chi connectivity index (χ1) is 15.6. The maximum Gasteiger partial charge on any atom is 0.408 e. The number of alkyl carbamates (subject to hydrolysis) is 1. The molecule has 184 valence electrons. The number of methoxy groups -OCH3 is 1. The van der Waals surface area contributed by atoms with Crippen molar-refractivity contribution in [3.8, 4) is 5.75 Å². The van der Waals surface area contributed by atoms with E-state index in [0.717, 1.165) is 30.6 Å². The van der Waals surface area contributed by atoms with Crippen molar-refractivity contribution in [2.75, 3.05) is 7.11 Å². The molecule has 2 rings (SSSR count). The molecule has 1 saturated carbocycles. The SMILES string of the molecule is CCCC[C@H](NC(=O)OC(C)(C)C)C(=O)N[C@H]1CCC[C@H]1C(=O)OCc1ccc(OC)cc1. The lowest BCUT2D eigenvalue weighted by molar-refractivity contribution is -0.150. The van der Waals surface area contributed by atoms with Gasteiger partial charge in [-0.05, 0) is 57.7 Å². The van der Waals surface area contributed by atoms with Crippen molar-refractivity contribution in [3.63, 3.8) is 0 Å². The third-order valence-corrected chi connectivity index (χ3v) is 5.54. The van der Waals surface area contributed by atoms with E-state index in [1.807, 2.05) is 31.2 Å². The number of ether oxygens (including phenoxy) is 3. The van der Waals surface area contributed by atoms with Crippen LogP contribution < -0.4 is 15.4 Å². The Morgan fingerprint density at radius 3 is 2.42 bits per heavy atom. The Labute approximate surface area is 196 Å². The van der Waals surface area contributed by atoms with Gasteiger partial charge in [0, 0.05) is 6.04 Å². The third kappa shape index (κ3) is 8.94. The van der Waals surface area contributed by atoms with Gasteiger partial charge in [0.1, 0.15) is 24.0 Å². The van der Waals surface area contributed by atoms with Crippen molar-refractivity contribution in [2.24, 2.45) is 5.92 Å². The van der Waals surface area contributed by atoms with E-state index in [4.69, 9.17) is 14.2 Å². The van der Waals surface area contributed by atoms with Crippen LogP contribution in [-0.4, -0.2) is 42.8 Å². The van der Waals surface area contributed by atoms with Gasteiger partial charge in [-0.25, -0.2) is 4.79 Å². The second-order valence-electron chi connectivity index (χ2n) is 9.45. The minimum atomic E-state index is -0.712. The zero-order valence-electron chi connectivity index (χ0n) is 20.4. The molecule has 1 aliphatic carbocycles. The predicted molar refractivity (Wildman–Crippen MR) is 125 cm³/mol. The average molecular weight is 463 g/mol. The molecular formula is C25H38N2O6. The molecule has 0 aliphatic heterocycles. The number of benzene rings is 1. The summed E-state index contributed by atoms with van der Waals surface area (Å²) in [5, 5.41) is 5.66. The molecule has 8 heteroatoms. The molecule has 2 N–H and O–H groups in total. The van der Waals surface area contributed by atoms with Crippen LogP contribution in [0.1, 0.15) is 71.8 Å². The fourth-order valence-corrected chi connectivity index (χ4v) is 3.81. The Kier molecular flexibility index (Phi) is 10.0. The number of carbonyl (C=O) groups excluding carboxylic acids is 3. The maximum absolute atomic E-state index is 13.0. The average Bonchev–Trinajstić information content (AvgIpc) is 3.22. The number of esters is 1. The Morgan fingerprint density at radius 1 is 1.12 bits per heavy atom. The minimum Gasteiger partial charge on any atom is -0.497 e. The first kappa shape index (κ1) is 26.5. The van der Waals surface area contributed by atoms with Gasteiger partial charge in [0.15, 0.2) is 0 Å². The summed E-state index contributed by atoms with van der Waals surface area (Å²) in [6.45, 7) is 7.50. The molecule has 0 spiro atoms. The molecular weight excluding hydrogens is 424 g/mol. The highest BCUT2D eigenvalue weighted by molar-refractivity contribution is 5.86. The number of amides is 2. The lowest BCUT2D eigenvalue weighted by Crippen LogP contribution is -2.52. The van der Waals surface area contributed by atoms with E-state index < -0.39 is 23.7 Å². The van der Waals surface area contributed by atoms with Crippen LogP contribution in [0.2, 0.25) is 0 Å². The van der Waals surface area contributed by atoms with Crippen molar-refractivity contribution >= 4 is 18.0 Å². The number of nitrogens with one attached hydrogen (secondary N) is 2. The topological polar surface area (TPSA) is 103 Å². The van der Waals surface area contributed by atoms with E-state index in [0.29, 0.717) is 19.3 Å². The highest BCUT2D eigenvalue weighted by Crippen LogP contribution is 2.27. The number of rotatable bonds is 10. The predicted octanol–water partition coefficient (Wildman–Crippen LogP) is 4.11. The standard InChI is InChI=1S/C25H38N2O6/c1-6-7-10-21(27-24(30)33-25(2,3)4)22(28)26-20-11-8-9-19(20)23(29)32-16-17-12-14-18(31-5)15-13-17/h12-15,19-21H,6-11,16H2,1-5H3,(H,26,28)(H,27,30)/t19-,20+,21+/m1/s1. The first-order valence-corrected chi connectivity index (χ1v) is 11.7. The monoisotopic (exact) mass is 462 g/mol. The van der Waals surface area contributed by atoms with Crippen LogP contribution in [0.4, 0.5) is 4.79 Å². The zero-order valence-corrected chi connectivity index (χ0v) is 20.4. The lowest BCUT2D eigenvalue weighted by Gasteiger charge is -2.26. The highest BCUT2D eigenvalue weighted by Gasteiger charge is 2.36. The molecule has 0 radical (unpaired) electrons. The molecule has 2 amide bonds. The summed E-state index contributed by atoms with van der Waals surface area (Å²) in [4.78, 5) is 37.9. The van der Waals surface area contributed by atoms with Crippen LogP contribution in [0, 0.1) is 5.92 Å². The van der Waals surface area contributed by atoms with Crippen molar-refractivity contribution in [1.29, 1.82) is 0 Å². The summed E-state index contributed by atoms with van der Waals surface area (Å²) in [6, 6.07) is 6.30. The molecule has 0 heterocycles. The van der Waals surface area contributed by atoms with Crippen LogP contribution in [0.3, 0.4) is 0 Å². The number of hydrogen-bond donors (Lipinski definition) is 2. The summed E-state index contributed by atoms with van der Waals surface area (Å²) in [5.74, 6) is -0.283. The molecule has 1 aromatic rings. The van der Waals surface area contributed by atoms with Gasteiger partial charge >= 0.3 is 12.1 Å². The summed E-state index contributed by atoms with van der Waals surface area (Å²) in [6.07, 6.45) is 3.73. The minimum absolute atomic E-state index is 0.166. The molecule has 0 aromatic heterocycles. The summed E-state index contributed by atoms with van der Waals surface area (Å²) in [7, 11) is 1.60. The van der Waals surface area contributed by atoms with E-state index in [2.05, 4.69) is 10.6 Å². The molecule has 1 aliphatic rings. The van der Waals surface area contributed by atoms with Gasteiger partial charge < -0.3 is 24.8 Å². The Hall–Kier alpha value is -2.77. The van der Waals surface area contributed by atoms with E-state index >= 15 is 0 Å². The third-order valence-electron chi connectivity index (χ3n) is 5.54. The van der Waals surface area contributed by atoms with Gasteiger partial charge in [0.25, 0.3) is 0 Å². The summed E-state index contributed by atoms with van der Waals surface area (Å²) >= 11 is 0. The fraction of sp³-hybridized carbons (Fsp3) is 0.640. The second-order valence-corrected chi connectivity index (χ2v) is 9.45. The van der Waals surface area contributed by atoms with Crippen molar-refractivity contribution < 1.29 is 28.6 Å². The van der Waals surface area contributed by atoms with E-state index in [-0.39, 0.29) is 24.5 Å². The van der Waals surface area contributed by atoms with Gasteiger partial charge in [-0.2, -0.15) is 0 Å². The molecule has 33 heavy (non-hydrogen) atoms. The lowest BCUT2D eigenvalue weighted by atomic mass is 10.0. The van der Waals surface area contributed by atoms with Gasteiger partial charge in [-0.15, -0.1) is 0 Å². The highest BCUT2D eigenvalue weighted by atomic mass is 16.6. The van der Waals surface area contributed by atoms with Crippen molar-refractivity contribution in [1.82, 2.24) is 10.6 Å². The zero-order chi connectivity index (χ0) is 24.4. The van der Waals surface area contributed by atoms with Gasteiger partial charge in [0.2, 0.25) is 5.91 Å². The Balaban J connectivity index is 1.93. The van der Waals surface area contributed by atoms with Crippen molar-refractivity contribution in [2.45, 2.75) is 90.5 Å². The largest absolute Gasteiger partial charge is 0.497 e. The maximum atomic E-state index is 13.0. The number of hydrogen-bond acceptors (Lipinski definition) is 6. The normalized spacial score (nSPS) is 18.8. The van der Waals surface area contributed by atoms with E-state index in [1.165, 1.54) is 0 Å². The molecule has 3 atom stereocenters. The van der Waals surface area contributed by atoms with Crippen LogP contribution >= 0.6 is 0 Å². The van der Waals surface area contributed by atoms with Crippen LogP contribution in [0.15, 0.2) is 24.3 Å². The van der Waals surface area contributed by atoms with Gasteiger partial charge in [0.05, 0.1) is 13.0 Å². The van der Waals surface area contributed by atoms with Crippen LogP contribution in [0.5, 0.6) is 5.75 Å². The number of carbonyl (C=O) groups is 3. The van der Waals surface area contributed by atoms with Crippen molar-refractivity contribution in [3.05, 3.63) is 29.8 Å². The first-order valence-electron chi connectivity index (χ1n) is 11.7.